The molecule has 0 fully saturated rings. The molecular weight excluding hydrogens is 316 g/mol. The molecule has 0 aliphatic heterocycles. The van der Waals surface area contributed by atoms with Gasteiger partial charge in [-0.1, -0.05) is 36.4 Å². The third-order valence-corrected chi connectivity index (χ3v) is 5.08. The Morgan fingerprint density at radius 2 is 0.885 bits per heavy atom. The molecule has 0 spiro atoms. The fraction of sp³-hybridized carbons (Fsp3) is 0.250. The molecular formula is C24H26N2+2. The van der Waals surface area contributed by atoms with Gasteiger partial charge in [0.15, 0.2) is 24.8 Å². The average Bonchev–Trinajstić information content (AvgIpc) is 2.70. The first-order chi connectivity index (χ1) is 12.9. The number of unbranched alkanes of at least 4 members (excludes halogenated alkanes) is 3. The van der Waals surface area contributed by atoms with Crippen molar-refractivity contribution in [1.82, 2.24) is 0 Å². The van der Waals surface area contributed by atoms with E-state index in [-0.39, 0.29) is 0 Å². The van der Waals surface area contributed by atoms with Crippen LogP contribution in [0.2, 0.25) is 0 Å². The second-order valence-electron chi connectivity index (χ2n) is 7.04. The lowest BCUT2D eigenvalue weighted by Gasteiger charge is -2.01. The van der Waals surface area contributed by atoms with E-state index in [9.17, 15) is 0 Å². The van der Waals surface area contributed by atoms with E-state index in [1.807, 2.05) is 0 Å². The van der Waals surface area contributed by atoms with E-state index in [0.29, 0.717) is 0 Å². The van der Waals surface area contributed by atoms with Crippen molar-refractivity contribution in [3.8, 4) is 0 Å². The Balaban J connectivity index is 1.22. The number of fused-ring (bicyclic) bond motifs is 2. The summed E-state index contributed by atoms with van der Waals surface area (Å²) in [5.74, 6) is 0. The number of hydrogen-bond donors (Lipinski definition) is 0. The summed E-state index contributed by atoms with van der Waals surface area (Å²) in [4.78, 5) is 0. The Bertz CT molecular complexity index is 924. The fourth-order valence-corrected chi connectivity index (χ4v) is 3.58. The van der Waals surface area contributed by atoms with Gasteiger partial charge in [0.2, 0.25) is 0 Å². The predicted molar refractivity (Wildman–Crippen MR) is 107 cm³/mol. The van der Waals surface area contributed by atoms with Crippen LogP contribution in [-0.2, 0) is 13.1 Å². The van der Waals surface area contributed by atoms with Gasteiger partial charge in [0.05, 0.1) is 0 Å². The van der Waals surface area contributed by atoms with Crippen LogP contribution in [0.1, 0.15) is 25.7 Å². The van der Waals surface area contributed by atoms with Gasteiger partial charge in [-0.05, 0) is 35.7 Å². The van der Waals surface area contributed by atoms with Gasteiger partial charge in [0.25, 0.3) is 0 Å². The van der Waals surface area contributed by atoms with Crippen LogP contribution < -0.4 is 9.13 Å². The molecule has 2 aromatic carbocycles. The van der Waals surface area contributed by atoms with Gasteiger partial charge < -0.3 is 0 Å². The van der Waals surface area contributed by atoms with Crippen LogP contribution in [0.3, 0.4) is 0 Å². The van der Waals surface area contributed by atoms with Crippen LogP contribution in [-0.4, -0.2) is 0 Å². The van der Waals surface area contributed by atoms with E-state index in [2.05, 4.69) is 94.6 Å². The topological polar surface area (TPSA) is 7.76 Å². The molecule has 4 rings (SSSR count). The molecule has 0 aliphatic carbocycles. The monoisotopic (exact) mass is 342 g/mol. The minimum atomic E-state index is 1.11. The summed E-state index contributed by atoms with van der Waals surface area (Å²) >= 11 is 0. The molecule has 26 heavy (non-hydrogen) atoms. The van der Waals surface area contributed by atoms with Crippen molar-refractivity contribution in [3.05, 3.63) is 85.5 Å². The van der Waals surface area contributed by atoms with Crippen molar-refractivity contribution in [1.29, 1.82) is 0 Å². The highest BCUT2D eigenvalue weighted by atomic mass is 14.9. The highest BCUT2D eigenvalue weighted by Crippen LogP contribution is 2.11. The molecule has 0 aliphatic rings. The molecule has 0 unspecified atom stereocenters. The second kappa shape index (κ2) is 8.09. The minimum absolute atomic E-state index is 1.11. The van der Waals surface area contributed by atoms with Gasteiger partial charge in [-0.25, -0.2) is 9.13 Å². The van der Waals surface area contributed by atoms with Crippen LogP contribution in [0.15, 0.2) is 85.5 Å². The third-order valence-electron chi connectivity index (χ3n) is 5.08. The summed E-state index contributed by atoms with van der Waals surface area (Å²) in [5, 5.41) is 5.28. The van der Waals surface area contributed by atoms with Crippen molar-refractivity contribution in [3.63, 3.8) is 0 Å². The van der Waals surface area contributed by atoms with Crippen molar-refractivity contribution in [2.45, 2.75) is 38.8 Å². The maximum absolute atomic E-state index is 2.32. The zero-order chi connectivity index (χ0) is 17.6. The minimum Gasteiger partial charge on any atom is -0.205 e. The predicted octanol–water partition coefficient (Wildman–Crippen LogP) is 4.83. The molecule has 2 aromatic heterocycles. The van der Waals surface area contributed by atoms with E-state index in [4.69, 9.17) is 0 Å². The average molecular weight is 342 g/mol. The van der Waals surface area contributed by atoms with Gasteiger partial charge in [-0.15, -0.1) is 0 Å². The van der Waals surface area contributed by atoms with E-state index >= 15 is 0 Å². The highest BCUT2D eigenvalue weighted by Gasteiger charge is 2.05. The zero-order valence-electron chi connectivity index (χ0n) is 15.2. The van der Waals surface area contributed by atoms with Crippen LogP contribution >= 0.6 is 0 Å². The molecule has 0 bridgehead atoms. The standard InChI is InChI=1S/C24H26N2/c1(7-15-25-17-13-21-9-3-5-11-23(21)19-25)2-8-16-26-18-14-22-10-4-6-12-24(22)20-26/h3-6,9-14,17-20H,1-2,7-8,15-16H2/q+2. The Morgan fingerprint density at radius 1 is 0.462 bits per heavy atom. The number of nitrogens with zero attached hydrogens (tertiary/aromatic N) is 2. The quantitative estimate of drug-likeness (QED) is 0.336. The number of aryl methyl sites for hydroxylation is 2. The SMILES string of the molecule is c1ccc2c[n+](CCCCCC[n+]3ccc4ccccc4c3)ccc2c1. The normalized spacial score (nSPS) is 11.2. The van der Waals surface area contributed by atoms with Crippen molar-refractivity contribution in [2.75, 3.05) is 0 Å². The molecule has 130 valence electrons. The summed E-state index contributed by atoms with van der Waals surface area (Å²) in [5.41, 5.74) is 0. The van der Waals surface area contributed by atoms with E-state index < -0.39 is 0 Å². The second-order valence-corrected chi connectivity index (χ2v) is 7.04. The van der Waals surface area contributed by atoms with Crippen LogP contribution in [0, 0.1) is 0 Å². The molecule has 2 heterocycles. The number of pyridine rings is 2. The van der Waals surface area contributed by atoms with E-state index in [0.717, 1.165) is 13.1 Å². The Morgan fingerprint density at radius 3 is 1.35 bits per heavy atom. The van der Waals surface area contributed by atoms with Crippen LogP contribution in [0.25, 0.3) is 21.5 Å². The smallest absolute Gasteiger partial charge is 0.176 e. The zero-order valence-corrected chi connectivity index (χ0v) is 15.2. The summed E-state index contributed by atoms with van der Waals surface area (Å²) in [6, 6.07) is 21.6. The van der Waals surface area contributed by atoms with E-state index in [1.165, 1.54) is 47.2 Å². The lowest BCUT2D eigenvalue weighted by atomic mass is 10.1. The lowest BCUT2D eigenvalue weighted by molar-refractivity contribution is -0.697. The first kappa shape index (κ1) is 16.7. The van der Waals surface area contributed by atoms with Crippen molar-refractivity contribution >= 4 is 21.5 Å². The first-order valence-electron chi connectivity index (χ1n) is 9.64. The van der Waals surface area contributed by atoms with Crippen molar-refractivity contribution < 1.29 is 9.13 Å². The molecule has 0 saturated heterocycles. The first-order valence-corrected chi connectivity index (χ1v) is 9.64. The number of aromatic nitrogens is 2. The van der Waals surface area contributed by atoms with Gasteiger partial charge in [-0.2, -0.15) is 0 Å². The van der Waals surface area contributed by atoms with Crippen LogP contribution in [0.5, 0.6) is 0 Å². The van der Waals surface area contributed by atoms with Gasteiger partial charge in [-0.3, -0.25) is 0 Å². The molecule has 0 radical (unpaired) electrons. The number of hydrogen-bond acceptors (Lipinski definition) is 0. The molecule has 0 saturated carbocycles. The molecule has 0 atom stereocenters. The maximum atomic E-state index is 2.32. The van der Waals surface area contributed by atoms with Crippen LogP contribution in [0.4, 0.5) is 0 Å². The van der Waals surface area contributed by atoms with Gasteiger partial charge in [0, 0.05) is 35.7 Å². The Labute approximate surface area is 155 Å². The number of rotatable bonds is 7. The summed E-state index contributed by atoms with van der Waals surface area (Å²) in [6.07, 6.45) is 14.0. The highest BCUT2D eigenvalue weighted by molar-refractivity contribution is 5.80. The molecule has 4 aromatic rings. The molecule has 2 nitrogen and oxygen atoms in total. The lowest BCUT2D eigenvalue weighted by Crippen LogP contribution is -2.33. The van der Waals surface area contributed by atoms with E-state index in [1.54, 1.807) is 0 Å². The summed E-state index contributed by atoms with van der Waals surface area (Å²) in [7, 11) is 0. The maximum Gasteiger partial charge on any atom is 0.176 e. The Kier molecular flexibility index (Phi) is 5.20. The summed E-state index contributed by atoms with van der Waals surface area (Å²) < 4.78 is 4.64. The summed E-state index contributed by atoms with van der Waals surface area (Å²) in [6.45, 7) is 2.21. The molecule has 0 amide bonds. The van der Waals surface area contributed by atoms with Gasteiger partial charge in [0.1, 0.15) is 13.1 Å². The Hall–Kier alpha value is -2.74. The third kappa shape index (κ3) is 4.08. The largest absolute Gasteiger partial charge is 0.205 e. The number of benzene rings is 2. The molecule has 0 N–H and O–H groups in total. The van der Waals surface area contributed by atoms with Crippen molar-refractivity contribution in [2.24, 2.45) is 0 Å². The molecule has 2 heteroatoms. The fourth-order valence-electron chi connectivity index (χ4n) is 3.58. The van der Waals surface area contributed by atoms with Gasteiger partial charge >= 0.3 is 0 Å².